The van der Waals surface area contributed by atoms with Gasteiger partial charge in [-0.3, -0.25) is 0 Å². The molecule has 0 saturated heterocycles. The van der Waals surface area contributed by atoms with Crippen LogP contribution in [0, 0.1) is 0 Å². The predicted octanol–water partition coefficient (Wildman–Crippen LogP) is 4.15. The first-order chi connectivity index (χ1) is 14.0. The molecule has 0 spiro atoms. The Kier molecular flexibility index (Phi) is 5.89. The molecule has 0 saturated carbocycles. The summed E-state index contributed by atoms with van der Waals surface area (Å²) < 4.78 is 20.6. The molecule has 8 heteroatoms. The molecule has 3 aromatic rings. The zero-order valence-electron chi connectivity index (χ0n) is 16.2. The Hall–Kier alpha value is -3.32. The second-order valence-electron chi connectivity index (χ2n) is 5.93. The van der Waals surface area contributed by atoms with Gasteiger partial charge in [0, 0.05) is 17.3 Å². The van der Waals surface area contributed by atoms with Crippen molar-refractivity contribution in [2.24, 2.45) is 0 Å². The molecule has 0 unspecified atom stereocenters. The van der Waals surface area contributed by atoms with Crippen molar-refractivity contribution in [2.75, 3.05) is 28.4 Å². The Labute approximate surface area is 172 Å². The number of ether oxygens (including phenoxy) is 4. The highest BCUT2D eigenvalue weighted by Crippen LogP contribution is 2.42. The number of nitrogens with zero attached hydrogens (tertiary/aromatic N) is 1. The lowest BCUT2D eigenvalue weighted by molar-refractivity contribution is 0.0556. The van der Waals surface area contributed by atoms with Crippen molar-refractivity contribution >= 4 is 34.3 Å². The zero-order chi connectivity index (χ0) is 21.1. The van der Waals surface area contributed by atoms with Crippen LogP contribution < -0.4 is 9.47 Å². The molecule has 0 bridgehead atoms. The van der Waals surface area contributed by atoms with Crippen LogP contribution in [0.25, 0.3) is 21.9 Å². The zero-order valence-corrected chi connectivity index (χ0v) is 17.0. The molecule has 1 heterocycles. The molecule has 0 aliphatic heterocycles. The molecular formula is C21H18ClNO6. The van der Waals surface area contributed by atoms with Crippen LogP contribution in [-0.2, 0) is 9.47 Å². The molecule has 0 aliphatic rings. The number of carbonyl (C=O) groups excluding carboxylic acids is 2. The van der Waals surface area contributed by atoms with Crippen LogP contribution in [0.15, 0.2) is 36.5 Å². The maximum absolute atomic E-state index is 12.7. The molecule has 29 heavy (non-hydrogen) atoms. The summed E-state index contributed by atoms with van der Waals surface area (Å²) in [4.78, 5) is 29.3. The van der Waals surface area contributed by atoms with Crippen molar-refractivity contribution in [3.05, 3.63) is 52.8 Å². The molecule has 0 amide bonds. The van der Waals surface area contributed by atoms with E-state index in [4.69, 9.17) is 30.5 Å². The Morgan fingerprint density at radius 3 is 2.17 bits per heavy atom. The summed E-state index contributed by atoms with van der Waals surface area (Å²) in [5, 5.41) is 1.38. The molecule has 2 aromatic carbocycles. The molecule has 0 radical (unpaired) electrons. The smallest absolute Gasteiger partial charge is 0.339 e. The van der Waals surface area contributed by atoms with Crippen LogP contribution in [0.5, 0.6) is 11.5 Å². The van der Waals surface area contributed by atoms with Gasteiger partial charge in [-0.1, -0.05) is 11.6 Å². The first-order valence-electron chi connectivity index (χ1n) is 8.47. The van der Waals surface area contributed by atoms with E-state index in [0.717, 1.165) is 0 Å². The Bertz CT molecular complexity index is 1110. The highest BCUT2D eigenvalue weighted by Gasteiger charge is 2.28. The monoisotopic (exact) mass is 415 g/mol. The number of esters is 2. The summed E-state index contributed by atoms with van der Waals surface area (Å²) in [6.07, 6.45) is 1.53. The molecule has 3 rings (SSSR count). The van der Waals surface area contributed by atoms with Gasteiger partial charge in [-0.05, 0) is 41.1 Å². The second-order valence-corrected chi connectivity index (χ2v) is 6.29. The van der Waals surface area contributed by atoms with Crippen molar-refractivity contribution in [3.8, 4) is 22.6 Å². The number of methoxy groups -OCH3 is 4. The maximum atomic E-state index is 12.7. The van der Waals surface area contributed by atoms with Crippen LogP contribution in [0.3, 0.4) is 0 Å². The fourth-order valence-electron chi connectivity index (χ4n) is 3.16. The molecule has 0 N–H and O–H groups in total. The lowest BCUT2D eigenvalue weighted by Crippen LogP contribution is -2.14. The summed E-state index contributed by atoms with van der Waals surface area (Å²) in [7, 11) is 5.48. The minimum atomic E-state index is -0.711. The quantitative estimate of drug-likeness (QED) is 0.457. The molecule has 0 aliphatic carbocycles. The van der Waals surface area contributed by atoms with E-state index < -0.39 is 11.9 Å². The van der Waals surface area contributed by atoms with E-state index in [0.29, 0.717) is 33.4 Å². The largest absolute Gasteiger partial charge is 0.493 e. The van der Waals surface area contributed by atoms with Crippen LogP contribution >= 0.6 is 11.6 Å². The number of halogens is 1. The highest BCUT2D eigenvalue weighted by molar-refractivity contribution is 6.33. The van der Waals surface area contributed by atoms with E-state index in [9.17, 15) is 9.59 Å². The normalized spacial score (nSPS) is 10.5. The molecule has 150 valence electrons. The van der Waals surface area contributed by atoms with E-state index in [1.54, 1.807) is 30.3 Å². The topological polar surface area (TPSA) is 84.0 Å². The fraction of sp³-hybridized carbons (Fsp3) is 0.190. The fourth-order valence-corrected chi connectivity index (χ4v) is 3.38. The van der Waals surface area contributed by atoms with E-state index in [1.807, 2.05) is 0 Å². The Morgan fingerprint density at radius 1 is 0.931 bits per heavy atom. The number of rotatable bonds is 5. The second kappa shape index (κ2) is 8.36. The molecule has 1 aromatic heterocycles. The number of benzene rings is 2. The number of hydrogen-bond acceptors (Lipinski definition) is 7. The number of hydrogen-bond donors (Lipinski definition) is 0. The van der Waals surface area contributed by atoms with Gasteiger partial charge >= 0.3 is 11.9 Å². The van der Waals surface area contributed by atoms with Gasteiger partial charge in [-0.15, -0.1) is 0 Å². The van der Waals surface area contributed by atoms with Crippen molar-refractivity contribution in [3.63, 3.8) is 0 Å². The standard InChI is InChI=1S/C21H18ClNO6/c1-26-15-9-11-8-14(20(24)28-3)18(21(25)29-4)17(13(11)10-16(15)27-2)12-6-5-7-23-19(12)22/h5-10H,1-4H3. The van der Waals surface area contributed by atoms with Crippen molar-refractivity contribution in [2.45, 2.75) is 0 Å². The molecule has 7 nitrogen and oxygen atoms in total. The van der Waals surface area contributed by atoms with Crippen LogP contribution in [0.1, 0.15) is 20.7 Å². The van der Waals surface area contributed by atoms with Gasteiger partial charge in [0.1, 0.15) is 5.15 Å². The summed E-state index contributed by atoms with van der Waals surface area (Å²) in [6, 6.07) is 8.34. The minimum absolute atomic E-state index is 0.0222. The molecular weight excluding hydrogens is 398 g/mol. The van der Waals surface area contributed by atoms with Crippen molar-refractivity contribution in [1.82, 2.24) is 4.98 Å². The first kappa shape index (κ1) is 20.4. The van der Waals surface area contributed by atoms with Crippen LogP contribution in [-0.4, -0.2) is 45.4 Å². The highest BCUT2D eigenvalue weighted by atomic mass is 35.5. The van der Waals surface area contributed by atoms with Gasteiger partial charge in [0.2, 0.25) is 0 Å². The number of aromatic nitrogens is 1. The summed E-state index contributed by atoms with van der Waals surface area (Å²) >= 11 is 6.34. The van der Waals surface area contributed by atoms with E-state index in [1.165, 1.54) is 34.6 Å². The molecule has 0 atom stereocenters. The number of pyridine rings is 1. The van der Waals surface area contributed by atoms with Gasteiger partial charge < -0.3 is 18.9 Å². The SMILES string of the molecule is COC(=O)c1cc2cc(OC)c(OC)cc2c(-c2cccnc2Cl)c1C(=O)OC. The minimum Gasteiger partial charge on any atom is -0.493 e. The summed E-state index contributed by atoms with van der Waals surface area (Å²) in [5.74, 6) is -0.492. The Balaban J connectivity index is 2.58. The number of fused-ring (bicyclic) bond motifs is 1. The number of carbonyl (C=O) groups is 2. The van der Waals surface area contributed by atoms with Crippen molar-refractivity contribution in [1.29, 1.82) is 0 Å². The average molecular weight is 416 g/mol. The van der Waals surface area contributed by atoms with Crippen LogP contribution in [0.4, 0.5) is 0 Å². The van der Waals surface area contributed by atoms with E-state index in [-0.39, 0.29) is 16.3 Å². The maximum Gasteiger partial charge on any atom is 0.339 e. The first-order valence-corrected chi connectivity index (χ1v) is 8.84. The summed E-state index contributed by atoms with van der Waals surface area (Å²) in [6.45, 7) is 0. The summed E-state index contributed by atoms with van der Waals surface area (Å²) in [5.41, 5.74) is 0.898. The Morgan fingerprint density at radius 2 is 1.59 bits per heavy atom. The van der Waals surface area contributed by atoms with Gasteiger partial charge in [-0.2, -0.15) is 0 Å². The predicted molar refractivity (Wildman–Crippen MR) is 108 cm³/mol. The van der Waals surface area contributed by atoms with Crippen LogP contribution in [0.2, 0.25) is 5.15 Å². The van der Waals surface area contributed by atoms with Gasteiger partial charge in [0.25, 0.3) is 0 Å². The van der Waals surface area contributed by atoms with E-state index in [2.05, 4.69) is 4.98 Å². The lowest BCUT2D eigenvalue weighted by Gasteiger charge is -2.18. The third-order valence-electron chi connectivity index (χ3n) is 4.47. The van der Waals surface area contributed by atoms with Crippen molar-refractivity contribution < 1.29 is 28.5 Å². The van der Waals surface area contributed by atoms with Gasteiger partial charge in [-0.25, -0.2) is 14.6 Å². The average Bonchev–Trinajstić information content (AvgIpc) is 2.76. The third kappa shape index (κ3) is 3.56. The molecule has 0 fully saturated rings. The van der Waals surface area contributed by atoms with Gasteiger partial charge in [0.05, 0.1) is 39.6 Å². The van der Waals surface area contributed by atoms with Gasteiger partial charge in [0.15, 0.2) is 11.5 Å². The lowest BCUT2D eigenvalue weighted by atomic mass is 9.89. The van der Waals surface area contributed by atoms with E-state index >= 15 is 0 Å². The third-order valence-corrected chi connectivity index (χ3v) is 4.77.